The first-order valence-electron chi connectivity index (χ1n) is 11.1. The van der Waals surface area contributed by atoms with Gasteiger partial charge in [0.15, 0.2) is 0 Å². The molecule has 0 amide bonds. The van der Waals surface area contributed by atoms with Crippen LogP contribution in [0.15, 0.2) is 49.1 Å². The summed E-state index contributed by atoms with van der Waals surface area (Å²) in [6, 6.07) is 7.62. The topological polar surface area (TPSA) is 57.4 Å². The Labute approximate surface area is 201 Å². The molecule has 2 aromatic carbocycles. The Kier molecular flexibility index (Phi) is 7.16. The molecule has 1 N–H and O–H groups in total. The van der Waals surface area contributed by atoms with Gasteiger partial charge in [-0.25, -0.2) is 22.8 Å². The fourth-order valence-corrected chi connectivity index (χ4v) is 4.84. The maximum Gasteiger partial charge on any atom is 0.143 e. The average molecular weight is 494 g/mol. The SMILES string of the molecule is C[C@@H](N1CCC(N(C)c2ccc(Cl)c(F)c2)CC1)[C@](O)(Cn1cncn1)c1ccc(F)cc1F. The molecule has 0 bridgehead atoms. The van der Waals surface area contributed by atoms with Crippen LogP contribution in [0, 0.1) is 17.5 Å². The Morgan fingerprint density at radius 2 is 1.88 bits per heavy atom. The minimum absolute atomic E-state index is 0.00720. The maximum absolute atomic E-state index is 14.8. The summed E-state index contributed by atoms with van der Waals surface area (Å²) in [6.45, 7) is 3.06. The van der Waals surface area contributed by atoms with Crippen molar-refractivity contribution in [2.75, 3.05) is 25.0 Å². The van der Waals surface area contributed by atoms with Crippen LogP contribution in [-0.4, -0.2) is 57.0 Å². The molecule has 3 aromatic rings. The van der Waals surface area contributed by atoms with Crippen molar-refractivity contribution in [2.45, 2.75) is 44.0 Å². The quantitative estimate of drug-likeness (QED) is 0.534. The van der Waals surface area contributed by atoms with Crippen molar-refractivity contribution < 1.29 is 18.3 Å². The number of nitrogens with zero attached hydrogens (tertiary/aromatic N) is 5. The Morgan fingerprint density at radius 3 is 2.50 bits per heavy atom. The number of rotatable bonds is 7. The van der Waals surface area contributed by atoms with Gasteiger partial charge in [-0.05, 0) is 44.0 Å². The molecule has 1 aliphatic heterocycles. The molecule has 1 aromatic heterocycles. The van der Waals surface area contributed by atoms with E-state index in [0.717, 1.165) is 30.7 Å². The van der Waals surface area contributed by atoms with Gasteiger partial charge in [0, 0.05) is 49.5 Å². The Hall–Kier alpha value is -2.62. The molecule has 4 rings (SSSR count). The van der Waals surface area contributed by atoms with E-state index in [0.29, 0.717) is 13.1 Å². The fourth-order valence-electron chi connectivity index (χ4n) is 4.72. The first-order chi connectivity index (χ1) is 16.2. The van der Waals surface area contributed by atoms with Crippen molar-refractivity contribution in [3.63, 3.8) is 0 Å². The van der Waals surface area contributed by atoms with E-state index in [4.69, 9.17) is 11.6 Å². The summed E-state index contributed by atoms with van der Waals surface area (Å²) in [5.74, 6) is -1.98. The van der Waals surface area contributed by atoms with Crippen LogP contribution in [0.4, 0.5) is 18.9 Å². The molecule has 6 nitrogen and oxygen atoms in total. The Bertz CT molecular complexity index is 1120. The molecule has 1 aliphatic rings. The molecular formula is C24H27ClF3N5O. The highest BCUT2D eigenvalue weighted by atomic mass is 35.5. The number of piperidine rings is 1. The zero-order valence-electron chi connectivity index (χ0n) is 19.0. The molecule has 1 fully saturated rings. The van der Waals surface area contributed by atoms with Crippen LogP contribution in [-0.2, 0) is 12.1 Å². The Morgan fingerprint density at radius 1 is 1.15 bits per heavy atom. The van der Waals surface area contributed by atoms with E-state index < -0.39 is 29.1 Å². The summed E-state index contributed by atoms with van der Waals surface area (Å²) >= 11 is 5.81. The highest BCUT2D eigenvalue weighted by molar-refractivity contribution is 6.30. The van der Waals surface area contributed by atoms with E-state index >= 15 is 0 Å². The molecule has 10 heteroatoms. The lowest BCUT2D eigenvalue weighted by Gasteiger charge is -2.45. The standard InChI is InChI=1S/C24H27ClF3N5O/c1-16(24(34,13-33-15-29-14-30-33)20-5-3-17(26)11-22(20)27)32-9-7-18(8-10-32)31(2)19-4-6-21(25)23(28)12-19/h3-6,11-12,14-16,18,34H,7-10,13H2,1-2H3/t16-,24-/m1/s1. The largest absolute Gasteiger partial charge is 0.381 e. The van der Waals surface area contributed by atoms with Gasteiger partial charge in [-0.1, -0.05) is 17.7 Å². The fraction of sp³-hybridized carbons (Fsp3) is 0.417. The summed E-state index contributed by atoms with van der Waals surface area (Å²) in [7, 11) is 1.92. The van der Waals surface area contributed by atoms with Crippen molar-refractivity contribution >= 4 is 17.3 Å². The predicted octanol–water partition coefficient (Wildman–Crippen LogP) is 4.23. The van der Waals surface area contributed by atoms with Gasteiger partial charge in [0.1, 0.15) is 35.7 Å². The first kappa shape index (κ1) is 24.5. The second-order valence-electron chi connectivity index (χ2n) is 8.79. The smallest absolute Gasteiger partial charge is 0.143 e. The number of aromatic nitrogens is 3. The zero-order valence-corrected chi connectivity index (χ0v) is 19.8. The van der Waals surface area contributed by atoms with E-state index in [1.165, 1.54) is 29.5 Å². The van der Waals surface area contributed by atoms with Crippen LogP contribution < -0.4 is 4.90 Å². The van der Waals surface area contributed by atoms with Crippen molar-refractivity contribution in [2.24, 2.45) is 0 Å². The monoisotopic (exact) mass is 493 g/mol. The zero-order chi connectivity index (χ0) is 24.5. The molecule has 1 saturated heterocycles. The second kappa shape index (κ2) is 9.93. The van der Waals surface area contributed by atoms with Crippen LogP contribution >= 0.6 is 11.6 Å². The van der Waals surface area contributed by atoms with Gasteiger partial charge in [0.25, 0.3) is 0 Å². The van der Waals surface area contributed by atoms with E-state index in [-0.39, 0.29) is 23.2 Å². The van der Waals surface area contributed by atoms with Crippen LogP contribution in [0.1, 0.15) is 25.3 Å². The van der Waals surface area contributed by atoms with Crippen molar-refractivity contribution in [3.8, 4) is 0 Å². The highest BCUT2D eigenvalue weighted by Crippen LogP contribution is 2.35. The molecule has 0 saturated carbocycles. The van der Waals surface area contributed by atoms with Gasteiger partial charge in [0.05, 0.1) is 11.6 Å². The number of aliphatic hydroxyl groups is 1. The van der Waals surface area contributed by atoms with Crippen molar-refractivity contribution in [1.29, 1.82) is 0 Å². The molecule has 2 heterocycles. The third-order valence-electron chi connectivity index (χ3n) is 6.86. The molecule has 182 valence electrons. The van der Waals surface area contributed by atoms with Gasteiger partial charge in [0.2, 0.25) is 0 Å². The van der Waals surface area contributed by atoms with E-state index in [9.17, 15) is 18.3 Å². The second-order valence-corrected chi connectivity index (χ2v) is 9.20. The summed E-state index contributed by atoms with van der Waals surface area (Å²) in [5.41, 5.74) is -0.930. The van der Waals surface area contributed by atoms with Crippen LogP contribution in [0.25, 0.3) is 0 Å². The lowest BCUT2D eigenvalue weighted by atomic mass is 9.84. The summed E-state index contributed by atoms with van der Waals surface area (Å²) in [4.78, 5) is 8.03. The van der Waals surface area contributed by atoms with Gasteiger partial charge in [-0.3, -0.25) is 4.90 Å². The van der Waals surface area contributed by atoms with Crippen LogP contribution in [0.3, 0.4) is 0 Å². The number of hydrogen-bond donors (Lipinski definition) is 1. The van der Waals surface area contributed by atoms with Gasteiger partial charge in [-0.2, -0.15) is 5.10 Å². The number of anilines is 1. The molecule has 2 atom stereocenters. The summed E-state index contributed by atoms with van der Waals surface area (Å²) in [6.07, 6.45) is 4.31. The van der Waals surface area contributed by atoms with Crippen molar-refractivity contribution in [3.05, 3.63) is 77.1 Å². The molecule has 0 radical (unpaired) electrons. The van der Waals surface area contributed by atoms with E-state index in [1.807, 2.05) is 18.9 Å². The third-order valence-corrected chi connectivity index (χ3v) is 7.17. The summed E-state index contributed by atoms with van der Waals surface area (Å²) in [5, 5.41) is 16.0. The minimum atomic E-state index is -1.68. The molecular weight excluding hydrogens is 467 g/mol. The van der Waals surface area contributed by atoms with Crippen molar-refractivity contribution in [1.82, 2.24) is 19.7 Å². The first-order valence-corrected chi connectivity index (χ1v) is 11.5. The normalized spacial score (nSPS) is 18.0. The number of hydrogen-bond acceptors (Lipinski definition) is 5. The molecule has 0 unspecified atom stereocenters. The average Bonchev–Trinajstić information content (AvgIpc) is 3.32. The third kappa shape index (κ3) is 4.92. The predicted molar refractivity (Wildman–Crippen MR) is 124 cm³/mol. The Balaban J connectivity index is 1.52. The molecule has 0 aliphatic carbocycles. The lowest BCUT2D eigenvalue weighted by molar-refractivity contribution is -0.0690. The number of benzene rings is 2. The summed E-state index contributed by atoms with van der Waals surface area (Å²) < 4.78 is 43.7. The van der Waals surface area contributed by atoms with E-state index in [1.54, 1.807) is 12.1 Å². The number of likely N-dealkylation sites (tertiary alicyclic amines) is 1. The highest BCUT2D eigenvalue weighted by Gasteiger charge is 2.43. The van der Waals surface area contributed by atoms with Gasteiger partial charge >= 0.3 is 0 Å². The minimum Gasteiger partial charge on any atom is -0.381 e. The maximum atomic E-state index is 14.8. The van der Waals surface area contributed by atoms with Crippen LogP contribution in [0.5, 0.6) is 0 Å². The molecule has 0 spiro atoms. The van der Waals surface area contributed by atoms with Crippen LogP contribution in [0.2, 0.25) is 5.02 Å². The van der Waals surface area contributed by atoms with E-state index in [2.05, 4.69) is 15.0 Å². The van der Waals surface area contributed by atoms with Gasteiger partial charge in [-0.15, -0.1) is 0 Å². The number of halogens is 4. The molecule has 34 heavy (non-hydrogen) atoms. The lowest BCUT2D eigenvalue weighted by Crippen LogP contribution is -2.55. The van der Waals surface area contributed by atoms with Gasteiger partial charge < -0.3 is 10.0 Å².